The summed E-state index contributed by atoms with van der Waals surface area (Å²) in [5.41, 5.74) is 4.08. The molecule has 1 N–H and O–H groups in total. The van der Waals surface area contributed by atoms with Crippen LogP contribution in [-0.4, -0.2) is 35.1 Å². The van der Waals surface area contributed by atoms with E-state index in [1.807, 2.05) is 67.6 Å². The van der Waals surface area contributed by atoms with Gasteiger partial charge in [0.15, 0.2) is 0 Å². The number of hydrogen-bond donors (Lipinski definition) is 1. The molecule has 3 aromatic carbocycles. The predicted octanol–water partition coefficient (Wildman–Crippen LogP) is 7.09. The Bertz CT molecular complexity index is 1160. The molecular formula is C30H34Cl2N2O2S. The van der Waals surface area contributed by atoms with Gasteiger partial charge in [-0.05, 0) is 42.2 Å². The van der Waals surface area contributed by atoms with Crippen LogP contribution in [0.25, 0.3) is 0 Å². The fourth-order valence-electron chi connectivity index (χ4n) is 3.92. The number of halogens is 2. The number of nitrogens with one attached hydrogen (secondary N) is 1. The molecule has 0 spiro atoms. The molecule has 2 amide bonds. The van der Waals surface area contributed by atoms with Gasteiger partial charge in [0, 0.05) is 35.3 Å². The molecule has 0 aromatic heterocycles. The summed E-state index contributed by atoms with van der Waals surface area (Å²) in [4.78, 5) is 28.9. The topological polar surface area (TPSA) is 49.4 Å². The van der Waals surface area contributed by atoms with Crippen LogP contribution in [0.4, 0.5) is 0 Å². The lowest BCUT2D eigenvalue weighted by molar-refractivity contribution is -0.139. The van der Waals surface area contributed by atoms with Gasteiger partial charge in [-0.1, -0.05) is 103 Å². The predicted molar refractivity (Wildman–Crippen MR) is 156 cm³/mol. The Kier molecular flexibility index (Phi) is 11.8. The zero-order chi connectivity index (χ0) is 26.6. The summed E-state index contributed by atoms with van der Waals surface area (Å²) < 4.78 is 0. The Morgan fingerprint density at radius 2 is 1.70 bits per heavy atom. The zero-order valence-corrected chi connectivity index (χ0v) is 23.7. The first-order valence-electron chi connectivity index (χ1n) is 12.6. The first kappa shape index (κ1) is 29.1. The van der Waals surface area contributed by atoms with E-state index in [4.69, 9.17) is 23.2 Å². The third kappa shape index (κ3) is 9.41. The SMILES string of the molecule is CCCCNC(=O)C(Cc1ccccc1)N(Cc1ccc(C)cc1)C(=O)CSCc1ccc(Cl)cc1Cl. The molecule has 0 bridgehead atoms. The lowest BCUT2D eigenvalue weighted by Gasteiger charge is -2.31. The van der Waals surface area contributed by atoms with Crippen molar-refractivity contribution in [3.63, 3.8) is 0 Å². The Balaban J connectivity index is 1.83. The normalized spacial score (nSPS) is 11.7. The molecule has 4 nitrogen and oxygen atoms in total. The molecule has 0 fully saturated rings. The summed E-state index contributed by atoms with van der Waals surface area (Å²) in [7, 11) is 0. The molecule has 0 aliphatic carbocycles. The largest absolute Gasteiger partial charge is 0.354 e. The molecule has 0 aliphatic heterocycles. The van der Waals surface area contributed by atoms with Crippen LogP contribution in [-0.2, 0) is 28.3 Å². The van der Waals surface area contributed by atoms with E-state index in [-0.39, 0.29) is 17.6 Å². The second-order valence-electron chi connectivity index (χ2n) is 9.09. The number of nitrogens with zero attached hydrogens (tertiary/aromatic N) is 1. The van der Waals surface area contributed by atoms with Crippen LogP contribution in [0.3, 0.4) is 0 Å². The highest BCUT2D eigenvalue weighted by molar-refractivity contribution is 7.99. The van der Waals surface area contributed by atoms with Crippen LogP contribution in [0.5, 0.6) is 0 Å². The molecule has 0 saturated carbocycles. The van der Waals surface area contributed by atoms with Gasteiger partial charge in [0.25, 0.3) is 0 Å². The van der Waals surface area contributed by atoms with Crippen molar-refractivity contribution in [3.05, 3.63) is 105 Å². The van der Waals surface area contributed by atoms with Crippen molar-refractivity contribution >= 4 is 46.8 Å². The first-order chi connectivity index (χ1) is 17.9. The highest BCUT2D eigenvalue weighted by Gasteiger charge is 2.30. The van der Waals surface area contributed by atoms with E-state index in [0.29, 0.717) is 35.3 Å². The molecular weight excluding hydrogens is 523 g/mol. The molecule has 3 rings (SSSR count). The Morgan fingerprint density at radius 3 is 2.38 bits per heavy atom. The van der Waals surface area contributed by atoms with E-state index in [0.717, 1.165) is 35.1 Å². The summed E-state index contributed by atoms with van der Waals surface area (Å²) in [6, 6.07) is 22.7. The van der Waals surface area contributed by atoms with E-state index in [1.54, 1.807) is 17.0 Å². The summed E-state index contributed by atoms with van der Waals surface area (Å²) in [5.74, 6) is 0.607. The molecule has 196 valence electrons. The van der Waals surface area contributed by atoms with Crippen molar-refractivity contribution in [1.29, 1.82) is 0 Å². The zero-order valence-electron chi connectivity index (χ0n) is 21.4. The summed E-state index contributed by atoms with van der Waals surface area (Å²) in [5, 5.41) is 4.22. The maximum Gasteiger partial charge on any atom is 0.243 e. The second-order valence-corrected chi connectivity index (χ2v) is 10.9. The number of benzene rings is 3. The molecule has 0 heterocycles. The van der Waals surface area contributed by atoms with Gasteiger partial charge in [-0.25, -0.2) is 0 Å². The molecule has 1 atom stereocenters. The highest BCUT2D eigenvalue weighted by atomic mass is 35.5. The number of carbonyl (C=O) groups excluding carboxylic acids is 2. The van der Waals surface area contributed by atoms with Crippen molar-refractivity contribution in [1.82, 2.24) is 10.2 Å². The van der Waals surface area contributed by atoms with Crippen molar-refractivity contribution in [2.75, 3.05) is 12.3 Å². The number of rotatable bonds is 13. The number of aryl methyl sites for hydroxylation is 1. The first-order valence-corrected chi connectivity index (χ1v) is 14.5. The lowest BCUT2D eigenvalue weighted by Crippen LogP contribution is -2.51. The fourth-order valence-corrected chi connectivity index (χ4v) is 5.39. The quantitative estimate of drug-likeness (QED) is 0.228. The number of unbranched alkanes of at least 4 members (excludes halogenated alkanes) is 1. The van der Waals surface area contributed by atoms with E-state index in [9.17, 15) is 9.59 Å². The summed E-state index contributed by atoms with van der Waals surface area (Å²) in [6.45, 7) is 5.08. The maximum absolute atomic E-state index is 13.7. The van der Waals surface area contributed by atoms with E-state index in [1.165, 1.54) is 11.8 Å². The van der Waals surface area contributed by atoms with Crippen LogP contribution < -0.4 is 5.32 Å². The van der Waals surface area contributed by atoms with Gasteiger partial charge in [0.2, 0.25) is 11.8 Å². The average Bonchev–Trinajstić information content (AvgIpc) is 2.89. The third-order valence-electron chi connectivity index (χ3n) is 6.07. The number of amides is 2. The average molecular weight is 558 g/mol. The molecule has 1 unspecified atom stereocenters. The minimum atomic E-state index is -0.618. The number of thioether (sulfide) groups is 1. The van der Waals surface area contributed by atoms with E-state index < -0.39 is 6.04 Å². The highest BCUT2D eigenvalue weighted by Crippen LogP contribution is 2.25. The van der Waals surface area contributed by atoms with Gasteiger partial charge in [-0.15, -0.1) is 11.8 Å². The molecule has 37 heavy (non-hydrogen) atoms. The van der Waals surface area contributed by atoms with Crippen molar-refractivity contribution in [3.8, 4) is 0 Å². The number of carbonyl (C=O) groups is 2. The van der Waals surface area contributed by atoms with Crippen LogP contribution in [0.2, 0.25) is 10.0 Å². The Morgan fingerprint density at radius 1 is 0.973 bits per heavy atom. The summed E-state index contributed by atoms with van der Waals surface area (Å²) in [6.07, 6.45) is 2.33. The monoisotopic (exact) mass is 556 g/mol. The van der Waals surface area contributed by atoms with Crippen molar-refractivity contribution < 1.29 is 9.59 Å². The van der Waals surface area contributed by atoms with Crippen LogP contribution in [0, 0.1) is 6.92 Å². The molecule has 0 saturated heterocycles. The molecule has 7 heteroatoms. The van der Waals surface area contributed by atoms with E-state index in [2.05, 4.69) is 12.2 Å². The fraction of sp³-hybridized carbons (Fsp3) is 0.333. The van der Waals surface area contributed by atoms with Crippen LogP contribution in [0.15, 0.2) is 72.8 Å². The van der Waals surface area contributed by atoms with Gasteiger partial charge < -0.3 is 10.2 Å². The van der Waals surface area contributed by atoms with Crippen LogP contribution >= 0.6 is 35.0 Å². The minimum Gasteiger partial charge on any atom is -0.354 e. The molecule has 0 aliphatic rings. The second kappa shape index (κ2) is 15.1. The van der Waals surface area contributed by atoms with Gasteiger partial charge >= 0.3 is 0 Å². The summed E-state index contributed by atoms with van der Waals surface area (Å²) >= 11 is 13.8. The standard InChI is InChI=1S/C30H34Cl2N2O2S/c1-3-4-16-33-30(36)28(17-23-8-6-5-7-9-23)34(19-24-12-10-22(2)11-13-24)29(35)21-37-20-25-14-15-26(31)18-27(25)32/h5-15,18,28H,3-4,16-17,19-21H2,1-2H3,(H,33,36). The van der Waals surface area contributed by atoms with Crippen molar-refractivity contribution in [2.24, 2.45) is 0 Å². The lowest BCUT2D eigenvalue weighted by atomic mass is 10.0. The van der Waals surface area contributed by atoms with Gasteiger partial charge in [-0.3, -0.25) is 9.59 Å². The van der Waals surface area contributed by atoms with Crippen molar-refractivity contribution in [2.45, 2.75) is 51.4 Å². The third-order valence-corrected chi connectivity index (χ3v) is 7.63. The van der Waals surface area contributed by atoms with Gasteiger partial charge in [-0.2, -0.15) is 0 Å². The van der Waals surface area contributed by atoms with E-state index >= 15 is 0 Å². The smallest absolute Gasteiger partial charge is 0.243 e. The van der Waals surface area contributed by atoms with Crippen LogP contribution in [0.1, 0.15) is 42.0 Å². The number of hydrogen-bond acceptors (Lipinski definition) is 3. The molecule has 0 radical (unpaired) electrons. The Hall–Kier alpha value is -2.47. The Labute approximate surface area is 234 Å². The van der Waals surface area contributed by atoms with Gasteiger partial charge in [0.1, 0.15) is 6.04 Å². The van der Waals surface area contributed by atoms with Gasteiger partial charge in [0.05, 0.1) is 5.75 Å². The minimum absolute atomic E-state index is 0.0813. The maximum atomic E-state index is 13.7. The molecule has 3 aromatic rings.